The average molecular weight is 369 g/mol. The zero-order chi connectivity index (χ0) is 18.8. The lowest BCUT2D eigenvalue weighted by atomic mass is 9.93. The zero-order valence-corrected chi connectivity index (χ0v) is 16.0. The minimum absolute atomic E-state index is 0.163. The van der Waals surface area contributed by atoms with E-state index in [1.165, 1.54) is 0 Å². The predicted octanol–water partition coefficient (Wildman–Crippen LogP) is 1.90. The maximum Gasteiger partial charge on any atom is 0.229 e. The minimum Gasteiger partial charge on any atom is -0.497 e. The van der Waals surface area contributed by atoms with Crippen LogP contribution in [-0.2, 0) is 17.9 Å². The molecule has 3 heterocycles. The molecular formula is C20H27N5O2. The van der Waals surface area contributed by atoms with Gasteiger partial charge in [0.2, 0.25) is 5.91 Å². The van der Waals surface area contributed by atoms with Gasteiger partial charge in [-0.05, 0) is 37.5 Å². The van der Waals surface area contributed by atoms with Crippen LogP contribution in [-0.4, -0.2) is 52.3 Å². The molecule has 1 aromatic heterocycles. The number of carbonyl (C=O) groups excluding carboxylic acids is 1. The first kappa shape index (κ1) is 18.0. The fraction of sp³-hybridized carbons (Fsp3) is 0.550. The maximum atomic E-state index is 13.0. The molecule has 2 aliphatic rings. The highest BCUT2D eigenvalue weighted by Crippen LogP contribution is 2.30. The Morgan fingerprint density at radius 2 is 2.07 bits per heavy atom. The van der Waals surface area contributed by atoms with Gasteiger partial charge in [-0.3, -0.25) is 4.79 Å². The van der Waals surface area contributed by atoms with E-state index in [4.69, 9.17) is 4.74 Å². The standard InChI is InChI=1S/C20H27N5O2/c1-14(16-4-3-5-17(12-16)27-2)20(26)24-9-6-15(7-10-24)19-23-22-18-13-21-8-11-25(18)19/h3-5,12,14-15,21H,6-11,13H2,1-2H3. The Labute approximate surface area is 159 Å². The number of aromatic nitrogens is 3. The summed E-state index contributed by atoms with van der Waals surface area (Å²) in [7, 11) is 1.65. The highest BCUT2D eigenvalue weighted by Gasteiger charge is 2.30. The Morgan fingerprint density at radius 3 is 2.85 bits per heavy atom. The summed E-state index contributed by atoms with van der Waals surface area (Å²) in [5.41, 5.74) is 1.00. The number of ether oxygens (including phenoxy) is 1. The Balaban J connectivity index is 1.40. The fourth-order valence-electron chi connectivity index (χ4n) is 4.10. The minimum atomic E-state index is -0.163. The van der Waals surface area contributed by atoms with Gasteiger partial charge in [-0.15, -0.1) is 10.2 Å². The first-order valence-electron chi connectivity index (χ1n) is 9.73. The second-order valence-electron chi connectivity index (χ2n) is 7.40. The largest absolute Gasteiger partial charge is 0.497 e. The van der Waals surface area contributed by atoms with Crippen LogP contribution in [0.3, 0.4) is 0 Å². The van der Waals surface area contributed by atoms with Gasteiger partial charge in [-0.2, -0.15) is 0 Å². The van der Waals surface area contributed by atoms with Crippen molar-refractivity contribution >= 4 is 5.91 Å². The number of rotatable bonds is 4. The molecule has 0 bridgehead atoms. The fourth-order valence-corrected chi connectivity index (χ4v) is 4.10. The van der Waals surface area contributed by atoms with E-state index in [1.54, 1.807) is 7.11 Å². The molecule has 1 N–H and O–H groups in total. The van der Waals surface area contributed by atoms with Crippen molar-refractivity contribution in [3.8, 4) is 5.75 Å². The highest BCUT2D eigenvalue weighted by atomic mass is 16.5. The molecule has 27 heavy (non-hydrogen) atoms. The summed E-state index contributed by atoms with van der Waals surface area (Å²) in [5, 5.41) is 12.1. The maximum absolute atomic E-state index is 13.0. The summed E-state index contributed by atoms with van der Waals surface area (Å²) in [6, 6.07) is 7.79. The molecule has 1 saturated heterocycles. The number of fused-ring (bicyclic) bond motifs is 1. The topological polar surface area (TPSA) is 72.3 Å². The number of likely N-dealkylation sites (tertiary alicyclic amines) is 1. The molecule has 1 fully saturated rings. The summed E-state index contributed by atoms with van der Waals surface area (Å²) >= 11 is 0. The van der Waals surface area contributed by atoms with Gasteiger partial charge < -0.3 is 19.5 Å². The van der Waals surface area contributed by atoms with Crippen LogP contribution >= 0.6 is 0 Å². The average Bonchev–Trinajstić information content (AvgIpc) is 3.17. The SMILES string of the molecule is COc1cccc(C(C)C(=O)N2CCC(c3nnc4n3CCNC4)CC2)c1. The van der Waals surface area contributed by atoms with E-state index in [0.717, 1.165) is 68.5 Å². The summed E-state index contributed by atoms with van der Waals surface area (Å²) in [5.74, 6) is 3.33. The van der Waals surface area contributed by atoms with Crippen molar-refractivity contribution in [2.45, 2.75) is 44.7 Å². The molecule has 0 spiro atoms. The molecule has 1 atom stereocenters. The second-order valence-corrected chi connectivity index (χ2v) is 7.40. The first-order chi connectivity index (χ1) is 13.2. The summed E-state index contributed by atoms with van der Waals surface area (Å²) in [6.07, 6.45) is 1.89. The lowest BCUT2D eigenvalue weighted by Crippen LogP contribution is -2.40. The summed E-state index contributed by atoms with van der Waals surface area (Å²) < 4.78 is 7.55. The third-order valence-electron chi connectivity index (χ3n) is 5.79. The van der Waals surface area contributed by atoms with Crippen molar-refractivity contribution in [1.29, 1.82) is 0 Å². The molecule has 0 saturated carbocycles. The van der Waals surface area contributed by atoms with E-state index < -0.39 is 0 Å². The van der Waals surface area contributed by atoms with E-state index in [0.29, 0.717) is 5.92 Å². The lowest BCUT2D eigenvalue weighted by Gasteiger charge is -2.33. The van der Waals surface area contributed by atoms with Crippen molar-refractivity contribution in [2.75, 3.05) is 26.7 Å². The second kappa shape index (κ2) is 7.68. The Bertz CT molecular complexity index is 810. The molecule has 0 radical (unpaired) electrons. The molecule has 7 heteroatoms. The first-order valence-corrected chi connectivity index (χ1v) is 9.73. The number of piperidine rings is 1. The van der Waals surface area contributed by atoms with Crippen LogP contribution in [0.25, 0.3) is 0 Å². The normalized spacial score (nSPS) is 18.8. The Morgan fingerprint density at radius 1 is 1.26 bits per heavy atom. The Kier molecular flexibility index (Phi) is 5.11. The number of amides is 1. The van der Waals surface area contributed by atoms with Crippen LogP contribution in [0.5, 0.6) is 5.75 Å². The molecule has 1 amide bonds. The number of hydrogen-bond donors (Lipinski definition) is 1. The van der Waals surface area contributed by atoms with Gasteiger partial charge >= 0.3 is 0 Å². The number of carbonyl (C=O) groups is 1. The smallest absolute Gasteiger partial charge is 0.229 e. The van der Waals surface area contributed by atoms with Gasteiger partial charge in [0.15, 0.2) is 0 Å². The van der Waals surface area contributed by atoms with E-state index >= 15 is 0 Å². The molecule has 0 aliphatic carbocycles. The predicted molar refractivity (Wildman–Crippen MR) is 102 cm³/mol. The molecule has 1 aromatic carbocycles. The molecule has 4 rings (SSSR count). The number of hydrogen-bond acceptors (Lipinski definition) is 5. The third kappa shape index (κ3) is 3.56. The van der Waals surface area contributed by atoms with Gasteiger partial charge in [-0.25, -0.2) is 0 Å². The van der Waals surface area contributed by atoms with Crippen molar-refractivity contribution in [3.05, 3.63) is 41.5 Å². The quantitative estimate of drug-likeness (QED) is 0.891. The van der Waals surface area contributed by atoms with Crippen molar-refractivity contribution in [3.63, 3.8) is 0 Å². The van der Waals surface area contributed by atoms with Gasteiger partial charge in [-0.1, -0.05) is 12.1 Å². The Hall–Kier alpha value is -2.41. The van der Waals surface area contributed by atoms with Crippen LogP contribution in [0, 0.1) is 0 Å². The molecule has 1 unspecified atom stereocenters. The van der Waals surface area contributed by atoms with E-state index in [1.807, 2.05) is 36.1 Å². The highest BCUT2D eigenvalue weighted by molar-refractivity contribution is 5.83. The van der Waals surface area contributed by atoms with E-state index in [2.05, 4.69) is 20.1 Å². The van der Waals surface area contributed by atoms with Gasteiger partial charge in [0.25, 0.3) is 0 Å². The zero-order valence-electron chi connectivity index (χ0n) is 16.0. The number of nitrogens with one attached hydrogen (secondary N) is 1. The van der Waals surface area contributed by atoms with Crippen LogP contribution < -0.4 is 10.1 Å². The summed E-state index contributed by atoms with van der Waals surface area (Å²) in [6.45, 7) is 6.22. The van der Waals surface area contributed by atoms with Crippen LogP contribution in [0.4, 0.5) is 0 Å². The molecule has 7 nitrogen and oxygen atoms in total. The van der Waals surface area contributed by atoms with Crippen molar-refractivity contribution in [2.24, 2.45) is 0 Å². The molecular weight excluding hydrogens is 342 g/mol. The molecule has 144 valence electrons. The van der Waals surface area contributed by atoms with Crippen LogP contribution in [0.2, 0.25) is 0 Å². The third-order valence-corrected chi connectivity index (χ3v) is 5.79. The van der Waals surface area contributed by atoms with Crippen molar-refractivity contribution in [1.82, 2.24) is 25.0 Å². The van der Waals surface area contributed by atoms with E-state index in [-0.39, 0.29) is 11.8 Å². The molecule has 2 aliphatic heterocycles. The monoisotopic (exact) mass is 369 g/mol. The van der Waals surface area contributed by atoms with Gasteiger partial charge in [0, 0.05) is 32.1 Å². The van der Waals surface area contributed by atoms with Crippen LogP contribution in [0.1, 0.15) is 48.8 Å². The summed E-state index contributed by atoms with van der Waals surface area (Å²) in [4.78, 5) is 15.0. The number of benzene rings is 1. The van der Waals surface area contributed by atoms with Gasteiger partial charge in [0.05, 0.1) is 19.6 Å². The molecule has 2 aromatic rings. The van der Waals surface area contributed by atoms with E-state index in [9.17, 15) is 4.79 Å². The van der Waals surface area contributed by atoms with Gasteiger partial charge in [0.1, 0.15) is 17.4 Å². The number of nitrogens with zero attached hydrogens (tertiary/aromatic N) is 4. The van der Waals surface area contributed by atoms with Crippen LogP contribution in [0.15, 0.2) is 24.3 Å². The van der Waals surface area contributed by atoms with Crippen molar-refractivity contribution < 1.29 is 9.53 Å². The lowest BCUT2D eigenvalue weighted by molar-refractivity contribution is -0.133. The number of methoxy groups -OCH3 is 1.